The van der Waals surface area contributed by atoms with Crippen molar-refractivity contribution in [1.29, 1.82) is 0 Å². The highest BCUT2D eigenvalue weighted by Crippen LogP contribution is 2.75. The van der Waals surface area contributed by atoms with Crippen LogP contribution in [0.4, 0.5) is 0 Å². The van der Waals surface area contributed by atoms with E-state index in [0.717, 1.165) is 44.9 Å². The van der Waals surface area contributed by atoms with Crippen molar-refractivity contribution < 1.29 is 19.7 Å². The van der Waals surface area contributed by atoms with Crippen molar-refractivity contribution >= 4 is 5.97 Å². The van der Waals surface area contributed by atoms with Gasteiger partial charge in [0.15, 0.2) is 0 Å². The molecule has 0 radical (unpaired) electrons. The summed E-state index contributed by atoms with van der Waals surface area (Å²) in [5.74, 6) is 2.64. The SMILES string of the molecule is CC(C)CC(C(=O)OC12CC3C4CC5(O)CC3C(C1)C(C4)(C5)C(O)C2)C(C)C. The molecule has 0 amide bonds. The second-order valence-corrected chi connectivity index (χ2v) is 12.2. The van der Waals surface area contributed by atoms with Gasteiger partial charge in [0.05, 0.1) is 17.6 Å². The lowest BCUT2D eigenvalue weighted by Crippen LogP contribution is -2.74. The minimum Gasteiger partial charge on any atom is -0.459 e. The van der Waals surface area contributed by atoms with E-state index in [2.05, 4.69) is 27.7 Å². The Balaban J connectivity index is 1.43. The van der Waals surface area contributed by atoms with Crippen LogP contribution in [0.2, 0.25) is 0 Å². The summed E-state index contributed by atoms with van der Waals surface area (Å²) in [6.07, 6.45) is 6.44. The topological polar surface area (TPSA) is 66.8 Å². The Labute approximate surface area is 169 Å². The molecule has 0 aromatic carbocycles. The second kappa shape index (κ2) is 5.97. The van der Waals surface area contributed by atoms with Gasteiger partial charge in [-0.05, 0) is 80.5 Å². The molecule has 0 aliphatic heterocycles. The summed E-state index contributed by atoms with van der Waals surface area (Å²) in [5.41, 5.74) is -1.14. The Kier molecular flexibility index (Phi) is 4.13. The van der Waals surface area contributed by atoms with Crippen molar-refractivity contribution in [1.82, 2.24) is 0 Å². The molecule has 4 nitrogen and oxygen atoms in total. The fraction of sp³-hybridized carbons (Fsp3) is 0.958. The molecule has 9 atom stereocenters. The predicted octanol–water partition coefficient (Wildman–Crippen LogP) is 3.93. The Morgan fingerprint density at radius 1 is 1.04 bits per heavy atom. The van der Waals surface area contributed by atoms with E-state index in [9.17, 15) is 15.0 Å². The van der Waals surface area contributed by atoms with E-state index in [0.29, 0.717) is 36.0 Å². The van der Waals surface area contributed by atoms with Crippen LogP contribution >= 0.6 is 0 Å². The molecular weight excluding hydrogens is 352 g/mol. The van der Waals surface area contributed by atoms with Gasteiger partial charge in [-0.15, -0.1) is 0 Å². The Morgan fingerprint density at radius 2 is 1.79 bits per heavy atom. The van der Waals surface area contributed by atoms with E-state index >= 15 is 0 Å². The molecule has 6 rings (SSSR count). The first-order valence-corrected chi connectivity index (χ1v) is 11.7. The molecule has 28 heavy (non-hydrogen) atoms. The van der Waals surface area contributed by atoms with Crippen LogP contribution in [0.25, 0.3) is 0 Å². The van der Waals surface area contributed by atoms with Gasteiger partial charge in [0.25, 0.3) is 0 Å². The first-order chi connectivity index (χ1) is 13.1. The van der Waals surface area contributed by atoms with Gasteiger partial charge in [-0.1, -0.05) is 27.7 Å². The molecule has 0 heterocycles. The third-order valence-electron chi connectivity index (χ3n) is 9.55. The highest BCUT2D eigenvalue weighted by Gasteiger charge is 2.73. The smallest absolute Gasteiger partial charge is 0.309 e. The number of rotatable bonds is 5. The number of aliphatic hydroxyl groups excluding tert-OH is 1. The van der Waals surface area contributed by atoms with E-state index in [1.807, 2.05) is 0 Å². The van der Waals surface area contributed by atoms with E-state index in [1.54, 1.807) is 0 Å². The Hall–Kier alpha value is -0.610. The highest BCUT2D eigenvalue weighted by atomic mass is 16.6. The maximum Gasteiger partial charge on any atom is 0.309 e. The zero-order valence-electron chi connectivity index (χ0n) is 18.0. The van der Waals surface area contributed by atoms with Gasteiger partial charge in [-0.25, -0.2) is 0 Å². The number of hydrogen-bond acceptors (Lipinski definition) is 4. The average molecular weight is 391 g/mol. The molecule has 6 saturated carbocycles. The largest absolute Gasteiger partial charge is 0.459 e. The van der Waals surface area contributed by atoms with Gasteiger partial charge >= 0.3 is 5.97 Å². The molecule has 0 aromatic heterocycles. The Morgan fingerprint density at radius 3 is 2.46 bits per heavy atom. The summed E-state index contributed by atoms with van der Waals surface area (Å²) >= 11 is 0. The average Bonchev–Trinajstić information content (AvgIpc) is 2.56. The highest BCUT2D eigenvalue weighted by molar-refractivity contribution is 5.73. The normalized spacial score (nSPS) is 51.8. The zero-order chi connectivity index (χ0) is 20.1. The summed E-state index contributed by atoms with van der Waals surface area (Å²) in [5, 5.41) is 22.4. The van der Waals surface area contributed by atoms with Crippen LogP contribution in [0.1, 0.15) is 79.1 Å². The number of fused-ring (bicyclic) bond motifs is 1. The van der Waals surface area contributed by atoms with Crippen LogP contribution < -0.4 is 0 Å². The maximum atomic E-state index is 13.2. The van der Waals surface area contributed by atoms with Crippen molar-refractivity contribution in [3.63, 3.8) is 0 Å². The molecule has 9 unspecified atom stereocenters. The third-order valence-corrected chi connectivity index (χ3v) is 9.55. The van der Waals surface area contributed by atoms with Crippen molar-refractivity contribution in [3.05, 3.63) is 0 Å². The molecule has 6 aliphatic carbocycles. The predicted molar refractivity (Wildman–Crippen MR) is 106 cm³/mol. The molecule has 2 N–H and O–H groups in total. The lowest BCUT2D eigenvalue weighted by molar-refractivity contribution is -0.316. The summed E-state index contributed by atoms with van der Waals surface area (Å²) < 4.78 is 6.39. The number of aliphatic hydroxyl groups is 2. The van der Waals surface area contributed by atoms with Crippen molar-refractivity contribution in [2.75, 3.05) is 0 Å². The van der Waals surface area contributed by atoms with Crippen molar-refractivity contribution in [2.24, 2.45) is 46.8 Å². The maximum absolute atomic E-state index is 13.2. The number of carbonyl (C=O) groups is 1. The molecular formula is C24H38O4. The van der Waals surface area contributed by atoms with Crippen LogP contribution in [-0.2, 0) is 9.53 Å². The van der Waals surface area contributed by atoms with Crippen LogP contribution in [-0.4, -0.2) is 33.5 Å². The van der Waals surface area contributed by atoms with Gasteiger partial charge < -0.3 is 14.9 Å². The minimum absolute atomic E-state index is 0.0397. The molecule has 6 fully saturated rings. The van der Waals surface area contributed by atoms with E-state index in [1.165, 1.54) is 0 Å². The van der Waals surface area contributed by atoms with E-state index in [4.69, 9.17) is 4.74 Å². The summed E-state index contributed by atoms with van der Waals surface area (Å²) in [6.45, 7) is 8.57. The van der Waals surface area contributed by atoms with Gasteiger partial charge in [0.1, 0.15) is 5.60 Å². The fourth-order valence-corrected chi connectivity index (χ4v) is 8.72. The molecule has 7 bridgehead atoms. The van der Waals surface area contributed by atoms with Crippen LogP contribution in [0, 0.1) is 46.8 Å². The lowest BCUT2D eigenvalue weighted by Gasteiger charge is -2.74. The minimum atomic E-state index is -0.546. The fourth-order valence-electron chi connectivity index (χ4n) is 8.72. The summed E-state index contributed by atoms with van der Waals surface area (Å²) in [7, 11) is 0. The van der Waals surface area contributed by atoms with E-state index < -0.39 is 17.3 Å². The standard InChI is InChI=1S/C24H38O4/c1-13(2)5-16(14(3)4)21(26)28-23-9-17-15-6-22(27)8-18(17)19(10-23)24(7-15,12-22)20(25)11-23/h13-20,25,27H,5-12H2,1-4H3. The number of carbonyl (C=O) groups excluding carboxylic acids is 1. The zero-order valence-corrected chi connectivity index (χ0v) is 18.0. The molecule has 6 aliphatic rings. The van der Waals surface area contributed by atoms with Crippen LogP contribution in [0.15, 0.2) is 0 Å². The van der Waals surface area contributed by atoms with Crippen molar-refractivity contribution in [3.8, 4) is 0 Å². The second-order valence-electron chi connectivity index (χ2n) is 12.2. The Bertz CT molecular complexity index is 670. The number of ether oxygens (including phenoxy) is 1. The van der Waals surface area contributed by atoms with Gasteiger partial charge in [0, 0.05) is 11.8 Å². The summed E-state index contributed by atoms with van der Waals surface area (Å²) in [6, 6.07) is 0. The quantitative estimate of drug-likeness (QED) is 0.698. The number of esters is 1. The molecule has 0 saturated heterocycles. The monoisotopic (exact) mass is 390 g/mol. The number of hydrogen-bond donors (Lipinski definition) is 2. The first kappa shape index (κ1) is 19.4. The molecule has 0 aromatic rings. The first-order valence-electron chi connectivity index (χ1n) is 11.7. The van der Waals surface area contributed by atoms with Gasteiger partial charge in [0.2, 0.25) is 0 Å². The van der Waals surface area contributed by atoms with Crippen LogP contribution in [0.5, 0.6) is 0 Å². The van der Waals surface area contributed by atoms with Gasteiger partial charge in [-0.3, -0.25) is 4.79 Å². The lowest BCUT2D eigenvalue weighted by atomic mass is 9.33. The van der Waals surface area contributed by atoms with Crippen molar-refractivity contribution in [2.45, 2.75) is 96.4 Å². The third kappa shape index (κ3) is 2.59. The summed E-state index contributed by atoms with van der Waals surface area (Å²) in [4.78, 5) is 13.2. The molecule has 4 heteroatoms. The molecule has 158 valence electrons. The van der Waals surface area contributed by atoms with Gasteiger partial charge in [-0.2, -0.15) is 0 Å². The van der Waals surface area contributed by atoms with E-state index in [-0.39, 0.29) is 23.2 Å². The molecule has 1 spiro atoms. The van der Waals surface area contributed by atoms with Crippen LogP contribution in [0.3, 0.4) is 0 Å².